The molecule has 0 spiro atoms. The Bertz CT molecular complexity index is 198. The first-order valence-electron chi connectivity index (χ1n) is 3.89. The second-order valence-electron chi connectivity index (χ2n) is 3.17. The molecule has 0 aromatic carbocycles. The quantitative estimate of drug-likeness (QED) is 0.370. The van der Waals surface area contributed by atoms with Crippen LogP contribution in [0.15, 0.2) is 0 Å². The topological polar surface area (TPSA) is 38.0 Å². The third kappa shape index (κ3) is 1.93. The molecule has 0 bridgehead atoms. The summed E-state index contributed by atoms with van der Waals surface area (Å²) in [7, 11) is 0. The van der Waals surface area contributed by atoms with Gasteiger partial charge in [0.1, 0.15) is 0 Å². The third-order valence-electron chi connectivity index (χ3n) is 2.27. The lowest BCUT2D eigenvalue weighted by Crippen LogP contribution is -2.39. The fourth-order valence-corrected chi connectivity index (χ4v) is 1.59. The Hall–Kier alpha value is -0.660. The Morgan fingerprint density at radius 2 is 2.33 bits per heavy atom. The first-order chi connectivity index (χ1) is 5.59. The maximum absolute atomic E-state index is 12.7. The number of rotatable bonds is 2. The summed E-state index contributed by atoms with van der Waals surface area (Å²) in [5.74, 6) is 4.75. The zero-order valence-corrected chi connectivity index (χ0v) is 6.69. The van der Waals surface area contributed by atoms with Crippen molar-refractivity contribution in [2.45, 2.75) is 31.2 Å². The molecule has 12 heavy (non-hydrogen) atoms. The summed E-state index contributed by atoms with van der Waals surface area (Å²) in [6, 6.07) is -0.418. The molecule has 2 atom stereocenters. The third-order valence-corrected chi connectivity index (χ3v) is 2.27. The summed E-state index contributed by atoms with van der Waals surface area (Å²) >= 11 is 0. The molecule has 68 valence electrons. The van der Waals surface area contributed by atoms with E-state index in [0.29, 0.717) is 6.42 Å². The molecule has 2 nitrogen and oxygen atoms in total. The van der Waals surface area contributed by atoms with E-state index in [1.807, 2.05) is 0 Å². The van der Waals surface area contributed by atoms with E-state index < -0.39 is 12.0 Å². The van der Waals surface area contributed by atoms with Gasteiger partial charge >= 0.3 is 0 Å². The zero-order chi connectivity index (χ0) is 9.19. The van der Waals surface area contributed by atoms with Crippen LogP contribution in [0.1, 0.15) is 19.3 Å². The van der Waals surface area contributed by atoms with E-state index in [1.165, 1.54) is 0 Å². The van der Waals surface area contributed by atoms with Crippen molar-refractivity contribution in [2.24, 2.45) is 11.8 Å². The smallest absolute Gasteiger partial charge is 0.248 e. The summed E-state index contributed by atoms with van der Waals surface area (Å²) in [6.07, 6.45) is 5.35. The first-order valence-corrected chi connectivity index (χ1v) is 3.89. The number of nitrogens with two attached hydrogens (primary N) is 1. The van der Waals surface area contributed by atoms with Gasteiger partial charge in [-0.3, -0.25) is 5.84 Å². The van der Waals surface area contributed by atoms with Gasteiger partial charge < -0.3 is 0 Å². The average Bonchev–Trinajstić information content (AvgIpc) is 2.34. The molecule has 0 saturated heterocycles. The fraction of sp³-hybridized carbons (Fsp3) is 0.750. The number of hydrogen-bond acceptors (Lipinski definition) is 2. The molecule has 1 fully saturated rings. The van der Waals surface area contributed by atoms with E-state index in [2.05, 4.69) is 11.3 Å². The molecule has 3 N–H and O–H groups in total. The monoisotopic (exact) mass is 174 g/mol. The number of terminal acetylenes is 1. The second kappa shape index (κ2) is 3.38. The van der Waals surface area contributed by atoms with E-state index in [9.17, 15) is 8.78 Å². The molecule has 0 aromatic heterocycles. The highest BCUT2D eigenvalue weighted by molar-refractivity contribution is 5.04. The molecular weight excluding hydrogens is 162 g/mol. The van der Waals surface area contributed by atoms with Crippen molar-refractivity contribution in [3.8, 4) is 12.3 Å². The minimum Gasteiger partial charge on any atom is -0.270 e. The molecule has 4 heteroatoms. The number of hydrazine groups is 1. The molecule has 1 aliphatic rings. The molecular formula is C8H12F2N2. The van der Waals surface area contributed by atoms with Gasteiger partial charge in [0, 0.05) is 12.8 Å². The molecule has 0 heterocycles. The number of alkyl halides is 2. The van der Waals surface area contributed by atoms with Gasteiger partial charge in [-0.15, -0.1) is 6.42 Å². The van der Waals surface area contributed by atoms with Crippen LogP contribution in [0.25, 0.3) is 0 Å². The van der Waals surface area contributed by atoms with Crippen molar-refractivity contribution in [3.05, 3.63) is 0 Å². The standard InChI is InChI=1S/C8H12F2N2/c1-2-7(12-11)6-3-4-8(9,10)5-6/h1,6-7,12H,3-5,11H2. The van der Waals surface area contributed by atoms with Crippen LogP contribution in [0, 0.1) is 18.3 Å². The van der Waals surface area contributed by atoms with E-state index in [1.54, 1.807) is 0 Å². The van der Waals surface area contributed by atoms with Crippen LogP contribution in [-0.4, -0.2) is 12.0 Å². The number of hydrogen-bond donors (Lipinski definition) is 2. The SMILES string of the molecule is C#CC(NN)C1CCC(F)(F)C1. The van der Waals surface area contributed by atoms with Crippen molar-refractivity contribution < 1.29 is 8.78 Å². The minimum absolute atomic E-state index is 0.0719. The van der Waals surface area contributed by atoms with Gasteiger partial charge in [0.25, 0.3) is 0 Å². The van der Waals surface area contributed by atoms with Crippen LogP contribution in [-0.2, 0) is 0 Å². The van der Waals surface area contributed by atoms with E-state index >= 15 is 0 Å². The van der Waals surface area contributed by atoms with Crippen LogP contribution >= 0.6 is 0 Å². The second-order valence-corrected chi connectivity index (χ2v) is 3.17. The molecule has 0 aliphatic heterocycles. The molecule has 1 saturated carbocycles. The molecule has 0 amide bonds. The summed E-state index contributed by atoms with van der Waals surface area (Å²) in [5, 5.41) is 0. The minimum atomic E-state index is -2.55. The van der Waals surface area contributed by atoms with Crippen LogP contribution in [0.4, 0.5) is 8.78 Å². The van der Waals surface area contributed by atoms with Gasteiger partial charge in [-0.1, -0.05) is 5.92 Å². The lowest BCUT2D eigenvalue weighted by atomic mass is 9.99. The van der Waals surface area contributed by atoms with Crippen LogP contribution < -0.4 is 11.3 Å². The normalized spacial score (nSPS) is 29.7. The van der Waals surface area contributed by atoms with Gasteiger partial charge in [0.2, 0.25) is 5.92 Å². The van der Waals surface area contributed by atoms with Crippen LogP contribution in [0.2, 0.25) is 0 Å². The number of halogens is 2. The zero-order valence-electron chi connectivity index (χ0n) is 6.69. The highest BCUT2D eigenvalue weighted by Gasteiger charge is 2.41. The van der Waals surface area contributed by atoms with Crippen molar-refractivity contribution in [3.63, 3.8) is 0 Å². The van der Waals surface area contributed by atoms with E-state index in [0.717, 1.165) is 0 Å². The molecule has 1 aliphatic carbocycles. The first kappa shape index (κ1) is 9.43. The Balaban J connectivity index is 2.52. The van der Waals surface area contributed by atoms with E-state index in [4.69, 9.17) is 12.3 Å². The molecule has 1 rings (SSSR count). The van der Waals surface area contributed by atoms with Gasteiger partial charge in [0.05, 0.1) is 6.04 Å². The molecule has 0 radical (unpaired) electrons. The van der Waals surface area contributed by atoms with Gasteiger partial charge in [-0.05, 0) is 12.3 Å². The van der Waals surface area contributed by atoms with Crippen molar-refractivity contribution in [1.29, 1.82) is 0 Å². The average molecular weight is 174 g/mol. The lowest BCUT2D eigenvalue weighted by molar-refractivity contribution is 0.00421. The van der Waals surface area contributed by atoms with Gasteiger partial charge in [-0.2, -0.15) is 0 Å². The highest BCUT2D eigenvalue weighted by Crippen LogP contribution is 2.39. The van der Waals surface area contributed by atoms with E-state index in [-0.39, 0.29) is 18.8 Å². The summed E-state index contributed by atoms with van der Waals surface area (Å²) in [5.41, 5.74) is 2.36. The summed E-state index contributed by atoms with van der Waals surface area (Å²) < 4.78 is 25.4. The maximum Gasteiger partial charge on any atom is 0.248 e. The maximum atomic E-state index is 12.7. The van der Waals surface area contributed by atoms with Crippen molar-refractivity contribution in [1.82, 2.24) is 5.43 Å². The predicted octanol–water partition coefficient (Wildman–Crippen LogP) is 0.887. The van der Waals surface area contributed by atoms with Crippen LogP contribution in [0.3, 0.4) is 0 Å². The Morgan fingerprint density at radius 1 is 1.67 bits per heavy atom. The summed E-state index contributed by atoms with van der Waals surface area (Å²) in [6.45, 7) is 0. The highest BCUT2D eigenvalue weighted by atomic mass is 19.3. The Labute approximate surface area is 70.5 Å². The Kier molecular flexibility index (Phi) is 2.65. The lowest BCUT2D eigenvalue weighted by Gasteiger charge is -2.16. The van der Waals surface area contributed by atoms with Crippen LogP contribution in [0.5, 0.6) is 0 Å². The summed E-state index contributed by atoms with van der Waals surface area (Å²) in [4.78, 5) is 0. The number of nitrogens with one attached hydrogen (secondary N) is 1. The molecule has 2 unspecified atom stereocenters. The van der Waals surface area contributed by atoms with Crippen molar-refractivity contribution in [2.75, 3.05) is 0 Å². The van der Waals surface area contributed by atoms with Crippen molar-refractivity contribution >= 4 is 0 Å². The fourth-order valence-electron chi connectivity index (χ4n) is 1.59. The van der Waals surface area contributed by atoms with Gasteiger partial charge in [0.15, 0.2) is 0 Å². The molecule has 0 aromatic rings. The Morgan fingerprint density at radius 3 is 2.67 bits per heavy atom. The van der Waals surface area contributed by atoms with Gasteiger partial charge in [-0.25, -0.2) is 14.2 Å². The predicted molar refractivity (Wildman–Crippen MR) is 42.2 cm³/mol. The largest absolute Gasteiger partial charge is 0.270 e.